The van der Waals surface area contributed by atoms with Crippen molar-refractivity contribution in [2.75, 3.05) is 23.9 Å². The number of aromatic nitrogens is 3. The van der Waals surface area contributed by atoms with Crippen molar-refractivity contribution in [3.05, 3.63) is 30.1 Å². The van der Waals surface area contributed by atoms with Crippen molar-refractivity contribution in [3.8, 4) is 0 Å². The second-order valence-corrected chi connectivity index (χ2v) is 8.49. The van der Waals surface area contributed by atoms with Gasteiger partial charge < -0.3 is 16.0 Å². The summed E-state index contributed by atoms with van der Waals surface area (Å²) in [5, 5.41) is 14.6. The Morgan fingerprint density at radius 2 is 2.07 bits per heavy atom. The third-order valence-electron chi connectivity index (χ3n) is 4.24. The largest absolute Gasteiger partial charge is 0.354 e. The molecular formula is C17H20N6O4S. The molecule has 0 bridgehead atoms. The van der Waals surface area contributed by atoms with Crippen LogP contribution in [0.1, 0.15) is 27.9 Å². The number of rotatable bonds is 6. The number of anilines is 3. The maximum atomic E-state index is 12.4. The number of pyridine rings is 1. The van der Waals surface area contributed by atoms with Gasteiger partial charge in [-0.25, -0.2) is 13.4 Å². The zero-order valence-corrected chi connectivity index (χ0v) is 15.9. The number of hydrogen-bond donors (Lipinski definition) is 3. The summed E-state index contributed by atoms with van der Waals surface area (Å²) in [7, 11) is -3.68. The van der Waals surface area contributed by atoms with Gasteiger partial charge in [-0.15, -0.1) is 10.2 Å². The van der Waals surface area contributed by atoms with Crippen LogP contribution in [-0.4, -0.2) is 48.6 Å². The summed E-state index contributed by atoms with van der Waals surface area (Å²) in [6.45, 7) is -0.854. The Kier molecular flexibility index (Phi) is 4.27. The number of carbonyl (C=O) groups excluding carboxylic acids is 2. The molecule has 2 aromatic heterocycles. The van der Waals surface area contributed by atoms with E-state index in [9.17, 15) is 18.0 Å². The molecule has 1 aliphatic rings. The molecular weight excluding hydrogens is 384 g/mol. The number of nitrogens with zero attached hydrogens (tertiary/aromatic N) is 3. The van der Waals surface area contributed by atoms with E-state index in [2.05, 4.69) is 25.8 Å². The monoisotopic (exact) mass is 407 g/mol. The fraction of sp³-hybridized carbons (Fsp3) is 0.353. The van der Waals surface area contributed by atoms with Gasteiger partial charge in [0.2, 0.25) is 5.91 Å². The molecule has 11 heteroatoms. The highest BCUT2D eigenvalue weighted by atomic mass is 32.2. The van der Waals surface area contributed by atoms with E-state index in [1.807, 2.05) is 6.92 Å². The SMILES string of the molecule is [2H]C([2H])([2H])NC(=O)c1nnc(NC(=O)[C@H]2C[C@@H]2C)cc1Nc1ncccc1S(C)(=O)=O. The van der Waals surface area contributed by atoms with E-state index in [0.29, 0.717) is 0 Å². The molecule has 2 atom stereocenters. The van der Waals surface area contributed by atoms with E-state index in [1.54, 1.807) is 5.32 Å². The van der Waals surface area contributed by atoms with E-state index in [4.69, 9.17) is 4.11 Å². The van der Waals surface area contributed by atoms with Crippen molar-refractivity contribution in [2.24, 2.45) is 11.8 Å². The van der Waals surface area contributed by atoms with Crippen molar-refractivity contribution in [1.82, 2.24) is 20.5 Å². The first kappa shape index (κ1) is 15.9. The van der Waals surface area contributed by atoms with Crippen molar-refractivity contribution in [3.63, 3.8) is 0 Å². The van der Waals surface area contributed by atoms with Gasteiger partial charge in [-0.1, -0.05) is 6.92 Å². The Morgan fingerprint density at radius 3 is 2.71 bits per heavy atom. The van der Waals surface area contributed by atoms with Crippen LogP contribution >= 0.6 is 0 Å². The molecule has 0 saturated heterocycles. The lowest BCUT2D eigenvalue weighted by atomic mass is 10.2. The summed E-state index contributed by atoms with van der Waals surface area (Å²) in [5.41, 5.74) is -0.501. The number of amides is 2. The average Bonchev–Trinajstić information content (AvgIpc) is 3.37. The first-order valence-electron chi connectivity index (χ1n) is 9.78. The second kappa shape index (κ2) is 7.50. The quantitative estimate of drug-likeness (QED) is 0.643. The summed E-state index contributed by atoms with van der Waals surface area (Å²) in [5.74, 6) is -1.32. The smallest absolute Gasteiger partial charge is 0.273 e. The molecule has 0 aromatic carbocycles. The van der Waals surface area contributed by atoms with Gasteiger partial charge >= 0.3 is 0 Å². The Bertz CT molecular complexity index is 1140. The van der Waals surface area contributed by atoms with Crippen molar-refractivity contribution in [2.45, 2.75) is 18.2 Å². The summed E-state index contributed by atoms with van der Waals surface area (Å²) in [6, 6.07) is 4.00. The van der Waals surface area contributed by atoms with Crippen LogP contribution in [0.15, 0.2) is 29.3 Å². The van der Waals surface area contributed by atoms with Gasteiger partial charge in [-0.3, -0.25) is 9.59 Å². The lowest BCUT2D eigenvalue weighted by Crippen LogP contribution is -2.23. The number of hydrogen-bond acceptors (Lipinski definition) is 8. The van der Waals surface area contributed by atoms with Crippen LogP contribution in [0.25, 0.3) is 0 Å². The van der Waals surface area contributed by atoms with Crippen molar-refractivity contribution in [1.29, 1.82) is 0 Å². The van der Waals surface area contributed by atoms with Gasteiger partial charge in [0.25, 0.3) is 5.91 Å². The normalized spacial score (nSPS) is 20.3. The molecule has 0 aliphatic heterocycles. The van der Waals surface area contributed by atoms with Crippen molar-refractivity contribution < 1.29 is 22.1 Å². The van der Waals surface area contributed by atoms with Gasteiger partial charge in [0.1, 0.15) is 10.7 Å². The van der Waals surface area contributed by atoms with Gasteiger partial charge in [0.05, 0.1) is 5.69 Å². The van der Waals surface area contributed by atoms with E-state index < -0.39 is 28.4 Å². The minimum Gasteiger partial charge on any atom is -0.354 e. The minimum absolute atomic E-state index is 0.00821. The van der Waals surface area contributed by atoms with Crippen molar-refractivity contribution >= 4 is 39.0 Å². The molecule has 1 aliphatic carbocycles. The zero-order valence-electron chi connectivity index (χ0n) is 18.1. The number of sulfone groups is 1. The summed E-state index contributed by atoms with van der Waals surface area (Å²) in [6.07, 6.45) is 3.07. The third-order valence-corrected chi connectivity index (χ3v) is 5.37. The Balaban J connectivity index is 1.99. The molecule has 0 radical (unpaired) electrons. The molecule has 0 unspecified atom stereocenters. The standard InChI is InChI=1S/C17H20N6O4S/c1-9-7-10(9)16(24)21-13-8-11(14(23-22-13)17(25)18-2)20-15-12(28(3,26)27)5-4-6-19-15/h4-6,8-10H,7H2,1-3H3,(H,18,25)(H2,19,20,21,22,24)/t9-,10-/m0/s1/i2D3. The fourth-order valence-corrected chi connectivity index (χ4v) is 3.37. The second-order valence-electron chi connectivity index (χ2n) is 6.50. The molecule has 28 heavy (non-hydrogen) atoms. The van der Waals surface area contributed by atoms with Crippen LogP contribution in [0.4, 0.5) is 17.3 Å². The molecule has 148 valence electrons. The topological polar surface area (TPSA) is 143 Å². The predicted molar refractivity (Wildman–Crippen MR) is 102 cm³/mol. The molecule has 1 fully saturated rings. The average molecular weight is 407 g/mol. The lowest BCUT2D eigenvalue weighted by Gasteiger charge is -2.13. The van der Waals surface area contributed by atoms with E-state index in [0.717, 1.165) is 12.7 Å². The van der Waals surface area contributed by atoms with E-state index >= 15 is 0 Å². The van der Waals surface area contributed by atoms with Gasteiger partial charge in [0.15, 0.2) is 21.3 Å². The van der Waals surface area contributed by atoms with Crippen LogP contribution in [0.5, 0.6) is 0 Å². The Morgan fingerprint density at radius 1 is 1.32 bits per heavy atom. The fourth-order valence-electron chi connectivity index (χ4n) is 2.59. The van der Waals surface area contributed by atoms with Crippen LogP contribution in [-0.2, 0) is 14.6 Å². The molecule has 2 aromatic rings. The lowest BCUT2D eigenvalue weighted by molar-refractivity contribution is -0.117. The number of carbonyl (C=O) groups is 2. The highest BCUT2D eigenvalue weighted by Gasteiger charge is 2.39. The molecule has 10 nitrogen and oxygen atoms in total. The molecule has 2 heterocycles. The summed E-state index contributed by atoms with van der Waals surface area (Å²) >= 11 is 0. The third kappa shape index (κ3) is 4.25. The molecule has 1 saturated carbocycles. The number of nitrogens with one attached hydrogen (secondary N) is 3. The molecule has 3 rings (SSSR count). The summed E-state index contributed by atoms with van der Waals surface area (Å²) < 4.78 is 45.7. The molecule has 2 amide bonds. The predicted octanol–water partition coefficient (Wildman–Crippen LogP) is 0.973. The van der Waals surface area contributed by atoms with Crippen LogP contribution in [0.2, 0.25) is 0 Å². The maximum absolute atomic E-state index is 12.4. The molecule has 3 N–H and O–H groups in total. The van der Waals surface area contributed by atoms with E-state index in [1.165, 1.54) is 24.4 Å². The van der Waals surface area contributed by atoms with E-state index in [-0.39, 0.29) is 40.0 Å². The first-order chi connectivity index (χ1) is 14.3. The molecule has 0 spiro atoms. The summed E-state index contributed by atoms with van der Waals surface area (Å²) in [4.78, 5) is 28.4. The van der Waals surface area contributed by atoms with Crippen LogP contribution < -0.4 is 16.0 Å². The Hall–Kier alpha value is -3.08. The zero-order chi connectivity index (χ0) is 23.0. The van der Waals surface area contributed by atoms with Gasteiger partial charge in [-0.2, -0.15) is 0 Å². The van der Waals surface area contributed by atoms with Gasteiger partial charge in [0, 0.05) is 35.5 Å². The highest BCUT2D eigenvalue weighted by Crippen LogP contribution is 2.38. The van der Waals surface area contributed by atoms with Crippen LogP contribution in [0.3, 0.4) is 0 Å². The Labute approximate surface area is 166 Å². The maximum Gasteiger partial charge on any atom is 0.273 e. The van der Waals surface area contributed by atoms with Crippen LogP contribution in [0, 0.1) is 11.8 Å². The first-order valence-corrected chi connectivity index (χ1v) is 10.2. The highest BCUT2D eigenvalue weighted by molar-refractivity contribution is 7.90. The van der Waals surface area contributed by atoms with Gasteiger partial charge in [-0.05, 0) is 24.5 Å². The minimum atomic E-state index is -3.68.